The topological polar surface area (TPSA) is 77.4 Å². The van der Waals surface area contributed by atoms with Gasteiger partial charge >= 0.3 is 0 Å². The summed E-state index contributed by atoms with van der Waals surface area (Å²) in [5.41, 5.74) is 0. The quantitative estimate of drug-likeness (QED) is 0.0646. The molecule has 47 heavy (non-hydrogen) atoms. The molecule has 0 radical (unpaired) electrons. The van der Waals surface area contributed by atoms with E-state index in [1.165, 1.54) is 154 Å². The van der Waals surface area contributed by atoms with E-state index in [9.17, 15) is 10.2 Å². The molecule has 1 aliphatic rings. The lowest BCUT2D eigenvalue weighted by atomic mass is 9.98. The van der Waals surface area contributed by atoms with Crippen molar-refractivity contribution in [3.8, 4) is 0 Å². The van der Waals surface area contributed by atoms with Crippen LogP contribution in [-0.4, -0.2) is 67.3 Å². The molecular weight excluding hydrogens is 588 g/mol. The van der Waals surface area contributed by atoms with Gasteiger partial charge < -0.3 is 29.2 Å². The van der Waals surface area contributed by atoms with Gasteiger partial charge in [0.1, 0.15) is 24.4 Å². The van der Waals surface area contributed by atoms with Crippen molar-refractivity contribution >= 4 is 0 Å². The standard InChI is InChI=1S/C41H82O6/c1-4-7-9-11-13-15-17-19-21-23-25-27-29-31-34-44-39-38(43)37(36-42)47-41(46-33-6-3)40(39)45-35-32-30-28-26-24-22-20-18-16-14-12-10-8-5-2/h37-43H,4-36H2,1-3H3/t37-,38-,39+,40-,41-/m1/s1. The Balaban J connectivity index is 2.25. The van der Waals surface area contributed by atoms with Crippen LogP contribution in [0, 0.1) is 0 Å². The molecule has 0 spiro atoms. The fraction of sp³-hybridized carbons (Fsp3) is 1.00. The van der Waals surface area contributed by atoms with Crippen molar-refractivity contribution < 1.29 is 29.2 Å². The zero-order valence-corrected chi connectivity index (χ0v) is 31.7. The lowest BCUT2D eigenvalue weighted by molar-refractivity contribution is -0.316. The number of aliphatic hydroxyl groups excluding tert-OH is 2. The van der Waals surface area contributed by atoms with E-state index in [-0.39, 0.29) is 6.61 Å². The van der Waals surface area contributed by atoms with Gasteiger partial charge in [-0.3, -0.25) is 0 Å². The van der Waals surface area contributed by atoms with E-state index >= 15 is 0 Å². The fourth-order valence-electron chi connectivity index (χ4n) is 6.81. The van der Waals surface area contributed by atoms with Gasteiger partial charge in [-0.05, 0) is 19.3 Å². The van der Waals surface area contributed by atoms with Crippen molar-refractivity contribution in [1.29, 1.82) is 0 Å². The summed E-state index contributed by atoms with van der Waals surface area (Å²) in [4.78, 5) is 0. The van der Waals surface area contributed by atoms with Crippen molar-refractivity contribution in [3.05, 3.63) is 0 Å². The largest absolute Gasteiger partial charge is 0.394 e. The van der Waals surface area contributed by atoms with E-state index in [1.807, 2.05) is 0 Å². The highest BCUT2D eigenvalue weighted by Gasteiger charge is 2.47. The average Bonchev–Trinajstić information content (AvgIpc) is 3.08. The molecule has 2 N–H and O–H groups in total. The zero-order valence-electron chi connectivity index (χ0n) is 31.7. The SMILES string of the molecule is CCCCCCCCCCCCCCCCO[C@H]1[C@H](OCCC)O[C@H](CO)[C@@H](O)[C@@H]1OCCCCCCCCCCCCCCCC. The van der Waals surface area contributed by atoms with Gasteiger partial charge in [0.2, 0.25) is 0 Å². The van der Waals surface area contributed by atoms with E-state index in [0.717, 1.165) is 32.1 Å². The molecule has 0 aromatic carbocycles. The Morgan fingerprint density at radius 2 is 0.745 bits per heavy atom. The number of aliphatic hydroxyl groups is 2. The first-order chi connectivity index (χ1) is 23.2. The van der Waals surface area contributed by atoms with Crippen LogP contribution in [0.3, 0.4) is 0 Å². The number of ether oxygens (including phenoxy) is 4. The van der Waals surface area contributed by atoms with Crippen molar-refractivity contribution in [2.24, 2.45) is 0 Å². The molecule has 0 aromatic heterocycles. The first-order valence-electron chi connectivity index (χ1n) is 21.0. The minimum Gasteiger partial charge on any atom is -0.394 e. The summed E-state index contributed by atoms with van der Waals surface area (Å²) in [6, 6.07) is 0. The maximum atomic E-state index is 11.0. The summed E-state index contributed by atoms with van der Waals surface area (Å²) in [6.45, 7) is 8.09. The van der Waals surface area contributed by atoms with E-state index in [0.29, 0.717) is 19.8 Å². The maximum Gasteiger partial charge on any atom is 0.186 e. The van der Waals surface area contributed by atoms with Crippen LogP contribution >= 0.6 is 0 Å². The molecule has 0 aromatic rings. The third-order valence-corrected chi connectivity index (χ3v) is 9.90. The number of hydrogen-bond donors (Lipinski definition) is 2. The van der Waals surface area contributed by atoms with Crippen molar-refractivity contribution in [1.82, 2.24) is 0 Å². The molecule has 6 heteroatoms. The fourth-order valence-corrected chi connectivity index (χ4v) is 6.81. The summed E-state index contributed by atoms with van der Waals surface area (Å²) in [7, 11) is 0. The molecule has 5 atom stereocenters. The van der Waals surface area contributed by atoms with Crippen LogP contribution < -0.4 is 0 Å². The summed E-state index contributed by atoms with van der Waals surface area (Å²) in [5.74, 6) is 0. The lowest BCUT2D eigenvalue weighted by Crippen LogP contribution is -2.61. The van der Waals surface area contributed by atoms with Crippen LogP contribution in [0.4, 0.5) is 0 Å². The molecule has 0 amide bonds. The molecule has 1 aliphatic heterocycles. The second kappa shape index (κ2) is 34.2. The Bertz CT molecular complexity index is 619. The maximum absolute atomic E-state index is 11.0. The van der Waals surface area contributed by atoms with Crippen LogP contribution in [0.1, 0.15) is 207 Å². The van der Waals surface area contributed by atoms with Crippen LogP contribution in [0.25, 0.3) is 0 Å². The monoisotopic (exact) mass is 671 g/mol. The van der Waals surface area contributed by atoms with Crippen LogP contribution in [0.2, 0.25) is 0 Å². The third kappa shape index (κ3) is 24.5. The molecule has 0 aliphatic carbocycles. The first-order valence-corrected chi connectivity index (χ1v) is 21.0. The molecular formula is C41H82O6. The molecule has 1 rings (SSSR count). The first kappa shape index (κ1) is 44.8. The molecule has 6 nitrogen and oxygen atoms in total. The van der Waals surface area contributed by atoms with Crippen LogP contribution in [0.15, 0.2) is 0 Å². The second-order valence-electron chi connectivity index (χ2n) is 14.5. The Morgan fingerprint density at radius 3 is 1.09 bits per heavy atom. The van der Waals surface area contributed by atoms with E-state index in [1.54, 1.807) is 0 Å². The Morgan fingerprint density at radius 1 is 0.404 bits per heavy atom. The van der Waals surface area contributed by atoms with Crippen LogP contribution in [0.5, 0.6) is 0 Å². The summed E-state index contributed by atoms with van der Waals surface area (Å²) in [6.07, 6.45) is 34.5. The highest BCUT2D eigenvalue weighted by Crippen LogP contribution is 2.28. The smallest absolute Gasteiger partial charge is 0.186 e. The predicted octanol–water partition coefficient (Wildman–Crippen LogP) is 11.2. The number of hydrogen-bond acceptors (Lipinski definition) is 6. The average molecular weight is 671 g/mol. The van der Waals surface area contributed by atoms with Crippen molar-refractivity contribution in [2.75, 3.05) is 26.4 Å². The normalized spacial score (nSPS) is 21.5. The van der Waals surface area contributed by atoms with Gasteiger partial charge in [0.25, 0.3) is 0 Å². The van der Waals surface area contributed by atoms with E-state index < -0.39 is 30.7 Å². The molecule has 1 fully saturated rings. The number of rotatable bonds is 36. The molecule has 0 unspecified atom stereocenters. The van der Waals surface area contributed by atoms with Gasteiger partial charge in [0.05, 0.1) is 6.61 Å². The van der Waals surface area contributed by atoms with Gasteiger partial charge in [0, 0.05) is 19.8 Å². The molecule has 1 heterocycles. The predicted molar refractivity (Wildman–Crippen MR) is 198 cm³/mol. The zero-order chi connectivity index (χ0) is 34.0. The summed E-state index contributed by atoms with van der Waals surface area (Å²) in [5, 5.41) is 20.9. The lowest BCUT2D eigenvalue weighted by Gasteiger charge is -2.43. The Labute approximate surface area is 292 Å². The minimum atomic E-state index is -0.936. The van der Waals surface area contributed by atoms with Gasteiger partial charge in [0.15, 0.2) is 6.29 Å². The van der Waals surface area contributed by atoms with Gasteiger partial charge in [-0.15, -0.1) is 0 Å². The molecule has 282 valence electrons. The summed E-state index contributed by atoms with van der Waals surface area (Å²) < 4.78 is 24.6. The molecule has 1 saturated heterocycles. The van der Waals surface area contributed by atoms with E-state index in [2.05, 4.69) is 20.8 Å². The van der Waals surface area contributed by atoms with Crippen molar-refractivity contribution in [2.45, 2.75) is 238 Å². The Kier molecular flexibility index (Phi) is 32.6. The van der Waals surface area contributed by atoms with Gasteiger partial charge in [-0.25, -0.2) is 0 Å². The van der Waals surface area contributed by atoms with Gasteiger partial charge in [-0.1, -0.05) is 188 Å². The number of unbranched alkanes of at least 4 members (excludes halogenated alkanes) is 26. The van der Waals surface area contributed by atoms with Gasteiger partial charge in [-0.2, -0.15) is 0 Å². The van der Waals surface area contributed by atoms with Crippen molar-refractivity contribution in [3.63, 3.8) is 0 Å². The highest BCUT2D eigenvalue weighted by atomic mass is 16.7. The van der Waals surface area contributed by atoms with Crippen LogP contribution in [-0.2, 0) is 18.9 Å². The molecule has 0 saturated carbocycles. The minimum absolute atomic E-state index is 0.266. The third-order valence-electron chi connectivity index (χ3n) is 9.90. The Hall–Kier alpha value is -0.240. The highest BCUT2D eigenvalue weighted by molar-refractivity contribution is 4.91. The molecule has 0 bridgehead atoms. The van der Waals surface area contributed by atoms with E-state index in [4.69, 9.17) is 18.9 Å². The second-order valence-corrected chi connectivity index (χ2v) is 14.5. The summed E-state index contributed by atoms with van der Waals surface area (Å²) >= 11 is 0.